The first-order valence-electron chi connectivity index (χ1n) is 5.22. The zero-order valence-electron chi connectivity index (χ0n) is 9.75. The molecule has 1 aromatic heterocycles. The summed E-state index contributed by atoms with van der Waals surface area (Å²) in [4.78, 5) is 3.81. The summed E-state index contributed by atoms with van der Waals surface area (Å²) in [5.74, 6) is 0.730. The molecule has 0 aliphatic carbocycles. The van der Waals surface area contributed by atoms with E-state index in [1.807, 2.05) is 0 Å². The molecule has 0 saturated carbocycles. The Balaban J connectivity index is 1.95. The zero-order chi connectivity index (χ0) is 13.0. The van der Waals surface area contributed by atoms with E-state index in [4.69, 9.17) is 4.42 Å². The van der Waals surface area contributed by atoms with Gasteiger partial charge in [-0.25, -0.2) is 13.4 Å². The summed E-state index contributed by atoms with van der Waals surface area (Å²) in [5.41, 5.74) is 1.40. The Bertz CT molecular complexity index is 591. The lowest BCUT2D eigenvalue weighted by Crippen LogP contribution is -2.09. The highest BCUT2D eigenvalue weighted by Gasteiger charge is 2.01. The molecule has 1 heterocycles. The summed E-state index contributed by atoms with van der Waals surface area (Å²) in [6.07, 6.45) is 4.12. The van der Waals surface area contributed by atoms with Crippen LogP contribution in [-0.2, 0) is 16.6 Å². The molecule has 1 aromatic carbocycles. The van der Waals surface area contributed by atoms with Gasteiger partial charge in [0.15, 0.2) is 6.39 Å². The molecule has 0 fully saturated rings. The molecular weight excluding hydrogens is 254 g/mol. The maximum absolute atomic E-state index is 11.0. The van der Waals surface area contributed by atoms with E-state index in [1.165, 1.54) is 6.39 Å². The third-order valence-corrected chi connectivity index (χ3v) is 2.74. The maximum atomic E-state index is 11.0. The van der Waals surface area contributed by atoms with Crippen LogP contribution < -0.4 is 10.0 Å². The minimum Gasteiger partial charge on any atom is -0.447 e. The molecule has 6 nitrogen and oxygen atoms in total. The van der Waals surface area contributed by atoms with Crippen LogP contribution in [0.15, 0.2) is 41.3 Å². The molecule has 0 atom stereocenters. The molecule has 0 amide bonds. The lowest BCUT2D eigenvalue weighted by atomic mass is 10.3. The van der Waals surface area contributed by atoms with E-state index in [0.717, 1.165) is 17.7 Å². The predicted octanol–water partition coefficient (Wildman–Crippen LogP) is 1.66. The van der Waals surface area contributed by atoms with Gasteiger partial charge in [-0.3, -0.25) is 4.72 Å². The fourth-order valence-corrected chi connectivity index (χ4v) is 1.95. The molecule has 0 aliphatic heterocycles. The summed E-state index contributed by atoms with van der Waals surface area (Å²) >= 11 is 0. The van der Waals surface area contributed by atoms with Crippen molar-refractivity contribution in [1.29, 1.82) is 0 Å². The van der Waals surface area contributed by atoms with Crippen molar-refractivity contribution in [1.82, 2.24) is 4.98 Å². The molecule has 7 heteroatoms. The van der Waals surface area contributed by atoms with Crippen molar-refractivity contribution in [2.75, 3.05) is 16.3 Å². The standard InChI is InChI=1S/C11H13N3O3S/c1-18(15,16)14-10-4-2-9(3-5-10)13-7-11-6-12-8-17-11/h2-6,8,13-14H,7H2,1H3. The highest BCUT2D eigenvalue weighted by atomic mass is 32.2. The van der Waals surface area contributed by atoms with Crippen molar-refractivity contribution in [2.24, 2.45) is 0 Å². The molecule has 0 unspecified atom stereocenters. The first kappa shape index (κ1) is 12.4. The van der Waals surface area contributed by atoms with E-state index >= 15 is 0 Å². The second kappa shape index (κ2) is 5.09. The van der Waals surface area contributed by atoms with Crippen LogP contribution in [-0.4, -0.2) is 19.7 Å². The first-order valence-corrected chi connectivity index (χ1v) is 7.11. The number of hydrogen-bond donors (Lipinski definition) is 2. The minimum atomic E-state index is -3.23. The summed E-state index contributed by atoms with van der Waals surface area (Å²) in [7, 11) is -3.23. The van der Waals surface area contributed by atoms with Gasteiger partial charge in [0.1, 0.15) is 5.76 Å². The molecule has 0 radical (unpaired) electrons. The topological polar surface area (TPSA) is 84.2 Å². The van der Waals surface area contributed by atoms with Gasteiger partial charge in [-0.05, 0) is 24.3 Å². The van der Waals surface area contributed by atoms with Crippen molar-refractivity contribution in [3.8, 4) is 0 Å². The lowest BCUT2D eigenvalue weighted by Gasteiger charge is -2.06. The third kappa shape index (κ3) is 3.77. The number of sulfonamides is 1. The molecule has 18 heavy (non-hydrogen) atoms. The van der Waals surface area contributed by atoms with Crippen molar-refractivity contribution in [3.05, 3.63) is 42.6 Å². The van der Waals surface area contributed by atoms with Gasteiger partial charge in [0.25, 0.3) is 0 Å². The Morgan fingerprint density at radius 3 is 2.44 bits per heavy atom. The summed E-state index contributed by atoms with van der Waals surface area (Å²) < 4.78 is 29.5. The Morgan fingerprint density at radius 1 is 1.22 bits per heavy atom. The smallest absolute Gasteiger partial charge is 0.229 e. The van der Waals surface area contributed by atoms with Gasteiger partial charge in [-0.2, -0.15) is 0 Å². The van der Waals surface area contributed by atoms with Crippen LogP contribution in [0, 0.1) is 0 Å². The van der Waals surface area contributed by atoms with Gasteiger partial charge < -0.3 is 9.73 Å². The maximum Gasteiger partial charge on any atom is 0.229 e. The van der Waals surface area contributed by atoms with Crippen LogP contribution in [0.4, 0.5) is 11.4 Å². The molecule has 2 rings (SSSR count). The van der Waals surface area contributed by atoms with Gasteiger partial charge >= 0.3 is 0 Å². The van der Waals surface area contributed by atoms with E-state index in [9.17, 15) is 8.42 Å². The molecule has 0 bridgehead atoms. The van der Waals surface area contributed by atoms with Gasteiger partial charge in [-0.1, -0.05) is 0 Å². The van der Waals surface area contributed by atoms with Crippen molar-refractivity contribution in [2.45, 2.75) is 6.54 Å². The number of benzene rings is 1. The number of oxazole rings is 1. The van der Waals surface area contributed by atoms with Crippen LogP contribution >= 0.6 is 0 Å². The Labute approximate surface area is 105 Å². The first-order chi connectivity index (χ1) is 8.53. The number of nitrogens with zero attached hydrogens (tertiary/aromatic N) is 1. The summed E-state index contributed by atoms with van der Waals surface area (Å²) in [6.45, 7) is 0.527. The van der Waals surface area contributed by atoms with Crippen LogP contribution in [0.5, 0.6) is 0 Å². The number of rotatable bonds is 5. The number of aromatic nitrogens is 1. The van der Waals surface area contributed by atoms with Crippen LogP contribution in [0.3, 0.4) is 0 Å². The minimum absolute atomic E-state index is 0.527. The van der Waals surface area contributed by atoms with E-state index in [1.54, 1.807) is 30.5 Å². The number of hydrogen-bond acceptors (Lipinski definition) is 5. The average molecular weight is 267 g/mol. The van der Waals surface area contributed by atoms with Gasteiger partial charge in [0.05, 0.1) is 19.0 Å². The second-order valence-electron chi connectivity index (χ2n) is 3.77. The van der Waals surface area contributed by atoms with Crippen molar-refractivity contribution in [3.63, 3.8) is 0 Å². The summed E-state index contributed by atoms with van der Waals surface area (Å²) in [6, 6.07) is 6.93. The van der Waals surface area contributed by atoms with Crippen LogP contribution in [0.25, 0.3) is 0 Å². The molecule has 0 spiro atoms. The highest BCUT2D eigenvalue weighted by Crippen LogP contribution is 2.15. The Hall–Kier alpha value is -2.02. The summed E-state index contributed by atoms with van der Waals surface area (Å²) in [5, 5.41) is 3.13. The SMILES string of the molecule is CS(=O)(=O)Nc1ccc(NCc2cnco2)cc1. The van der Waals surface area contributed by atoms with Crippen molar-refractivity contribution >= 4 is 21.4 Å². The monoisotopic (exact) mass is 267 g/mol. The van der Waals surface area contributed by atoms with Crippen molar-refractivity contribution < 1.29 is 12.8 Å². The molecule has 2 aromatic rings. The van der Waals surface area contributed by atoms with Crippen LogP contribution in [0.1, 0.15) is 5.76 Å². The largest absolute Gasteiger partial charge is 0.447 e. The third-order valence-electron chi connectivity index (χ3n) is 2.14. The van der Waals surface area contributed by atoms with Gasteiger partial charge in [-0.15, -0.1) is 0 Å². The Morgan fingerprint density at radius 2 is 1.89 bits per heavy atom. The molecule has 2 N–H and O–H groups in total. The quantitative estimate of drug-likeness (QED) is 0.860. The Kier molecular flexibility index (Phi) is 3.52. The zero-order valence-corrected chi connectivity index (χ0v) is 10.6. The number of nitrogens with one attached hydrogen (secondary N) is 2. The molecular formula is C11H13N3O3S. The van der Waals surface area contributed by atoms with E-state index in [2.05, 4.69) is 15.0 Å². The number of anilines is 2. The van der Waals surface area contributed by atoms with E-state index in [0.29, 0.717) is 12.2 Å². The molecule has 0 saturated heterocycles. The lowest BCUT2D eigenvalue weighted by molar-refractivity contribution is 0.512. The fourth-order valence-electron chi connectivity index (χ4n) is 1.39. The molecule has 0 aliphatic rings. The van der Waals surface area contributed by atoms with Gasteiger partial charge in [0.2, 0.25) is 10.0 Å². The fraction of sp³-hybridized carbons (Fsp3) is 0.182. The predicted molar refractivity (Wildman–Crippen MR) is 68.7 cm³/mol. The average Bonchev–Trinajstić information content (AvgIpc) is 2.79. The van der Waals surface area contributed by atoms with Crippen LogP contribution in [0.2, 0.25) is 0 Å². The van der Waals surface area contributed by atoms with E-state index < -0.39 is 10.0 Å². The molecule has 96 valence electrons. The normalized spacial score (nSPS) is 11.2. The highest BCUT2D eigenvalue weighted by molar-refractivity contribution is 7.92. The van der Waals surface area contributed by atoms with Gasteiger partial charge in [0, 0.05) is 11.4 Å². The second-order valence-corrected chi connectivity index (χ2v) is 5.52. The van der Waals surface area contributed by atoms with E-state index in [-0.39, 0.29) is 0 Å².